The Kier molecular flexibility index (Phi) is 9.67. The minimum absolute atomic E-state index is 0.0176. The topological polar surface area (TPSA) is 140 Å². The van der Waals surface area contributed by atoms with Crippen LogP contribution in [-0.2, 0) is 19.1 Å². The van der Waals surface area contributed by atoms with E-state index in [1.54, 1.807) is 0 Å². The quantitative estimate of drug-likeness (QED) is 0.182. The molecule has 0 spiro atoms. The maximum atomic E-state index is 10.9. The lowest BCUT2D eigenvalue weighted by Gasteiger charge is -2.13. The Balaban J connectivity index is 3.83. The summed E-state index contributed by atoms with van der Waals surface area (Å²) >= 11 is 5.39. The van der Waals surface area contributed by atoms with E-state index in [4.69, 9.17) is 11.6 Å². The summed E-state index contributed by atoms with van der Waals surface area (Å²) in [5, 5.41) is 18.1. The summed E-state index contributed by atoms with van der Waals surface area (Å²) in [6.07, 6.45) is -1.14. The van der Waals surface area contributed by atoms with Crippen LogP contribution < -0.4 is 0 Å². The molecule has 0 rings (SSSR count). The first-order valence-electron chi connectivity index (χ1n) is 5.87. The third-order valence-electron chi connectivity index (χ3n) is 2.00. The fourth-order valence-electron chi connectivity index (χ4n) is 1.23. The molecule has 0 N–H and O–H groups in total. The van der Waals surface area contributed by atoms with Crippen LogP contribution in [0, 0.1) is 20.2 Å². The fourth-order valence-corrected chi connectivity index (χ4v) is 1.30. The second-order valence-electron chi connectivity index (χ2n) is 3.73. The Hall–Kier alpha value is -2.04. The Labute approximate surface area is 124 Å². The van der Waals surface area contributed by atoms with Crippen LogP contribution in [0.4, 0.5) is 4.79 Å². The smallest absolute Gasteiger partial charge is 0.434 e. The lowest BCUT2D eigenvalue weighted by atomic mass is 10.2. The van der Waals surface area contributed by atoms with E-state index in [1.807, 2.05) is 0 Å². The van der Waals surface area contributed by atoms with Crippen molar-refractivity contribution in [3.05, 3.63) is 20.2 Å². The maximum Gasteiger partial charge on any atom is 0.509 e. The monoisotopic (exact) mass is 330 g/mol. The number of rotatable bonds is 11. The molecular formula is C9H15ClN2O9. The van der Waals surface area contributed by atoms with Crippen LogP contribution in [0.25, 0.3) is 0 Å². The van der Waals surface area contributed by atoms with Crippen LogP contribution in [0.3, 0.4) is 0 Å². The zero-order valence-electron chi connectivity index (χ0n) is 11.1. The number of carbonyl (C=O) groups is 1. The molecule has 0 amide bonds. The maximum absolute atomic E-state index is 10.9. The van der Waals surface area contributed by atoms with Crippen LogP contribution in [0.5, 0.6) is 0 Å². The number of ether oxygens (including phenoxy) is 2. The van der Waals surface area contributed by atoms with Crippen molar-refractivity contribution in [1.82, 2.24) is 0 Å². The van der Waals surface area contributed by atoms with Crippen molar-refractivity contribution < 1.29 is 34.1 Å². The Morgan fingerprint density at radius 1 is 1.24 bits per heavy atom. The van der Waals surface area contributed by atoms with Gasteiger partial charge in [-0.05, 0) is 26.2 Å². The zero-order valence-corrected chi connectivity index (χ0v) is 11.9. The molecule has 11 nitrogen and oxygen atoms in total. The number of unbranched alkanes of at least 4 members (excludes halogenated alkanes) is 1. The van der Waals surface area contributed by atoms with E-state index in [0.717, 1.165) is 0 Å². The highest BCUT2D eigenvalue weighted by molar-refractivity contribution is 6.19. The van der Waals surface area contributed by atoms with Gasteiger partial charge in [-0.15, -0.1) is 20.2 Å². The standard InChI is InChI=1S/C9H15ClN2O9/c1-7(10)20-9(13)18-5-3-2-4-8(21-12(16)17)6-19-11(14)15/h7-8H,2-6H2,1H3. The lowest BCUT2D eigenvalue weighted by molar-refractivity contribution is -0.790. The van der Waals surface area contributed by atoms with Gasteiger partial charge in [0.15, 0.2) is 5.56 Å². The van der Waals surface area contributed by atoms with Gasteiger partial charge in [-0.3, -0.25) is 0 Å². The van der Waals surface area contributed by atoms with Gasteiger partial charge in [0.2, 0.25) is 0 Å². The number of hydrogen-bond donors (Lipinski definition) is 0. The second kappa shape index (κ2) is 10.7. The van der Waals surface area contributed by atoms with Crippen molar-refractivity contribution >= 4 is 17.8 Å². The number of carbonyl (C=O) groups excluding carboxylic acids is 1. The van der Waals surface area contributed by atoms with Gasteiger partial charge < -0.3 is 19.1 Å². The number of nitrogens with zero attached hydrogens (tertiary/aromatic N) is 2. The number of halogens is 1. The number of hydrogen-bond acceptors (Lipinski definition) is 9. The van der Waals surface area contributed by atoms with Crippen molar-refractivity contribution in [2.24, 2.45) is 0 Å². The molecule has 2 unspecified atom stereocenters. The van der Waals surface area contributed by atoms with Gasteiger partial charge >= 0.3 is 6.16 Å². The summed E-state index contributed by atoms with van der Waals surface area (Å²) in [4.78, 5) is 39.4. The molecule has 0 bridgehead atoms. The predicted octanol–water partition coefficient (Wildman–Crippen LogP) is 1.68. The highest BCUT2D eigenvalue weighted by atomic mass is 35.5. The highest BCUT2D eigenvalue weighted by Crippen LogP contribution is 2.07. The van der Waals surface area contributed by atoms with Crippen molar-refractivity contribution in [3.8, 4) is 0 Å². The molecule has 0 aromatic rings. The van der Waals surface area contributed by atoms with Gasteiger partial charge in [0.25, 0.3) is 10.2 Å². The summed E-state index contributed by atoms with van der Waals surface area (Å²) < 4.78 is 9.14. The summed E-state index contributed by atoms with van der Waals surface area (Å²) in [5.41, 5.74) is -0.811. The van der Waals surface area contributed by atoms with Crippen LogP contribution in [0.15, 0.2) is 0 Å². The summed E-state index contributed by atoms with van der Waals surface area (Å²) in [5.74, 6) is 0. The SMILES string of the molecule is CC(Cl)OC(=O)OCCCCC(CO[N+](=O)[O-])O[N+](=O)[O-]. The molecule has 0 aliphatic rings. The van der Waals surface area contributed by atoms with Gasteiger partial charge in [-0.25, -0.2) is 4.79 Å². The number of alkyl halides is 1. The lowest BCUT2D eigenvalue weighted by Crippen LogP contribution is -2.24. The van der Waals surface area contributed by atoms with Crippen molar-refractivity contribution in [2.75, 3.05) is 13.2 Å². The minimum atomic E-state index is -1.07. The predicted molar refractivity (Wildman–Crippen MR) is 66.4 cm³/mol. The molecule has 0 aliphatic carbocycles. The Morgan fingerprint density at radius 3 is 2.43 bits per heavy atom. The fraction of sp³-hybridized carbons (Fsp3) is 0.889. The van der Waals surface area contributed by atoms with E-state index in [9.17, 15) is 25.0 Å². The molecule has 122 valence electrons. The first-order chi connectivity index (χ1) is 9.81. The van der Waals surface area contributed by atoms with E-state index in [-0.39, 0.29) is 13.0 Å². The molecule has 0 aliphatic heterocycles. The van der Waals surface area contributed by atoms with Gasteiger partial charge in [0.05, 0.1) is 6.61 Å². The molecule has 12 heteroatoms. The van der Waals surface area contributed by atoms with Crippen molar-refractivity contribution in [3.63, 3.8) is 0 Å². The van der Waals surface area contributed by atoms with Crippen LogP contribution in [0.1, 0.15) is 26.2 Å². The van der Waals surface area contributed by atoms with Crippen molar-refractivity contribution in [2.45, 2.75) is 37.9 Å². The first kappa shape index (κ1) is 19.0. The normalized spacial score (nSPS) is 12.9. The highest BCUT2D eigenvalue weighted by Gasteiger charge is 2.15. The molecule has 0 aromatic heterocycles. The summed E-state index contributed by atoms with van der Waals surface area (Å²) in [6, 6.07) is 0. The van der Waals surface area contributed by atoms with E-state index in [0.29, 0.717) is 12.8 Å². The molecule has 0 saturated carbocycles. The van der Waals surface area contributed by atoms with Crippen LogP contribution in [-0.4, -0.2) is 41.2 Å². The summed E-state index contributed by atoms with van der Waals surface area (Å²) in [6.45, 7) is 0.905. The van der Waals surface area contributed by atoms with E-state index >= 15 is 0 Å². The third kappa shape index (κ3) is 12.7. The van der Waals surface area contributed by atoms with Crippen molar-refractivity contribution in [1.29, 1.82) is 0 Å². The van der Waals surface area contributed by atoms with E-state index in [1.165, 1.54) is 6.92 Å². The molecule has 0 radical (unpaired) electrons. The molecular weight excluding hydrogens is 316 g/mol. The largest absolute Gasteiger partial charge is 0.509 e. The zero-order chi connectivity index (χ0) is 16.3. The van der Waals surface area contributed by atoms with Gasteiger partial charge in [-0.1, -0.05) is 11.6 Å². The minimum Gasteiger partial charge on any atom is -0.434 e. The molecule has 0 heterocycles. The molecule has 21 heavy (non-hydrogen) atoms. The Morgan fingerprint density at radius 2 is 1.90 bits per heavy atom. The average molecular weight is 331 g/mol. The molecule has 2 atom stereocenters. The average Bonchev–Trinajstić information content (AvgIpc) is 2.33. The van der Waals surface area contributed by atoms with E-state index < -0.39 is 34.6 Å². The third-order valence-corrected chi connectivity index (χ3v) is 2.09. The van der Waals surface area contributed by atoms with Crippen LogP contribution >= 0.6 is 11.6 Å². The van der Waals surface area contributed by atoms with Gasteiger partial charge in [0.1, 0.15) is 12.7 Å². The van der Waals surface area contributed by atoms with Gasteiger partial charge in [0, 0.05) is 0 Å². The van der Waals surface area contributed by atoms with E-state index in [2.05, 4.69) is 19.1 Å². The van der Waals surface area contributed by atoms with Crippen LogP contribution in [0.2, 0.25) is 0 Å². The molecule has 0 saturated heterocycles. The molecule has 0 aromatic carbocycles. The second-order valence-corrected chi connectivity index (χ2v) is 4.34. The summed E-state index contributed by atoms with van der Waals surface area (Å²) in [7, 11) is 0. The Bertz CT molecular complexity index is 352. The molecule has 0 fully saturated rings. The van der Waals surface area contributed by atoms with Gasteiger partial charge in [-0.2, -0.15) is 0 Å². The first-order valence-corrected chi connectivity index (χ1v) is 6.31.